The first-order valence-electron chi connectivity index (χ1n) is 8.24. The normalized spacial score (nSPS) is 20.3. The van der Waals surface area contributed by atoms with Crippen LogP contribution in [0.15, 0.2) is 0 Å². The van der Waals surface area contributed by atoms with E-state index < -0.39 is 0 Å². The zero-order chi connectivity index (χ0) is 14.7. The fourth-order valence-corrected chi connectivity index (χ4v) is 3.79. The van der Waals surface area contributed by atoms with Gasteiger partial charge in [0.15, 0.2) is 0 Å². The Morgan fingerprint density at radius 1 is 1.33 bits per heavy atom. The molecule has 1 aromatic heterocycles. The van der Waals surface area contributed by atoms with Crippen LogP contribution in [0.3, 0.4) is 0 Å². The lowest BCUT2D eigenvalue weighted by Gasteiger charge is -2.25. The highest BCUT2D eigenvalue weighted by molar-refractivity contribution is 7.11. The van der Waals surface area contributed by atoms with Crippen molar-refractivity contribution in [3.05, 3.63) is 15.6 Å². The van der Waals surface area contributed by atoms with E-state index in [0.717, 1.165) is 51.7 Å². The highest BCUT2D eigenvalue weighted by Gasteiger charge is 2.29. The van der Waals surface area contributed by atoms with Gasteiger partial charge in [-0.2, -0.15) is 0 Å². The van der Waals surface area contributed by atoms with Crippen molar-refractivity contribution in [3.8, 4) is 0 Å². The molecular formula is C16H27N3OS. The van der Waals surface area contributed by atoms with Crippen molar-refractivity contribution in [2.75, 3.05) is 32.8 Å². The van der Waals surface area contributed by atoms with Crippen LogP contribution in [0.5, 0.6) is 0 Å². The van der Waals surface area contributed by atoms with Gasteiger partial charge in [-0.05, 0) is 12.8 Å². The second kappa shape index (κ2) is 7.18. The lowest BCUT2D eigenvalue weighted by Crippen LogP contribution is -2.37. The van der Waals surface area contributed by atoms with Crippen molar-refractivity contribution in [3.63, 3.8) is 0 Å². The van der Waals surface area contributed by atoms with Crippen molar-refractivity contribution < 1.29 is 4.74 Å². The number of aromatic nitrogens is 1. The summed E-state index contributed by atoms with van der Waals surface area (Å²) in [6.45, 7) is 10.4. The molecule has 0 amide bonds. The molecule has 0 bridgehead atoms. The second-order valence-corrected chi connectivity index (χ2v) is 7.60. The summed E-state index contributed by atoms with van der Waals surface area (Å²) in [6, 6.07) is 0.538. The summed E-state index contributed by atoms with van der Waals surface area (Å²) in [7, 11) is 0. The monoisotopic (exact) mass is 309 g/mol. The Kier molecular flexibility index (Phi) is 5.27. The summed E-state index contributed by atoms with van der Waals surface area (Å²) in [4.78, 5) is 8.92. The minimum absolute atomic E-state index is 0.538. The van der Waals surface area contributed by atoms with E-state index in [1.165, 1.54) is 28.4 Å². The van der Waals surface area contributed by atoms with Gasteiger partial charge in [0.05, 0.1) is 23.9 Å². The molecule has 0 aromatic carbocycles. The molecule has 21 heavy (non-hydrogen) atoms. The van der Waals surface area contributed by atoms with Gasteiger partial charge in [0.1, 0.15) is 0 Å². The van der Waals surface area contributed by atoms with Gasteiger partial charge in [0.25, 0.3) is 0 Å². The van der Waals surface area contributed by atoms with E-state index in [2.05, 4.69) is 24.1 Å². The van der Waals surface area contributed by atoms with E-state index in [0.29, 0.717) is 6.04 Å². The van der Waals surface area contributed by atoms with Crippen molar-refractivity contribution in [1.29, 1.82) is 0 Å². The lowest BCUT2D eigenvalue weighted by atomic mass is 10.2. The lowest BCUT2D eigenvalue weighted by molar-refractivity contribution is 0.0384. The first-order valence-corrected chi connectivity index (χ1v) is 9.06. The van der Waals surface area contributed by atoms with Gasteiger partial charge in [-0.1, -0.05) is 13.8 Å². The van der Waals surface area contributed by atoms with Crippen LogP contribution in [-0.2, 0) is 17.7 Å². The summed E-state index contributed by atoms with van der Waals surface area (Å²) in [5.74, 6) is 0.752. The molecule has 1 aromatic rings. The highest BCUT2D eigenvalue weighted by atomic mass is 32.1. The fourth-order valence-electron chi connectivity index (χ4n) is 2.70. The number of rotatable bonds is 7. The van der Waals surface area contributed by atoms with Gasteiger partial charge in [0.2, 0.25) is 0 Å². The SMILES string of the molecule is CC(C)NCc1sc(CCN2CCOCC2)nc1C1CC1. The maximum absolute atomic E-state index is 5.41. The Morgan fingerprint density at radius 2 is 2.10 bits per heavy atom. The number of hydrogen-bond acceptors (Lipinski definition) is 5. The summed E-state index contributed by atoms with van der Waals surface area (Å²) < 4.78 is 5.41. The molecule has 3 rings (SSSR count). The molecule has 2 heterocycles. The molecule has 0 radical (unpaired) electrons. The predicted octanol–water partition coefficient (Wildman–Crippen LogP) is 2.39. The number of thiazole rings is 1. The maximum Gasteiger partial charge on any atom is 0.0944 e. The highest BCUT2D eigenvalue weighted by Crippen LogP contribution is 2.42. The van der Waals surface area contributed by atoms with Crippen molar-refractivity contribution in [2.45, 2.75) is 51.6 Å². The Bertz CT molecular complexity index is 450. The molecular weight excluding hydrogens is 282 g/mol. The van der Waals surface area contributed by atoms with Crippen molar-refractivity contribution >= 4 is 11.3 Å². The zero-order valence-corrected chi connectivity index (χ0v) is 14.0. The zero-order valence-electron chi connectivity index (χ0n) is 13.2. The summed E-state index contributed by atoms with van der Waals surface area (Å²) >= 11 is 1.93. The molecule has 1 aliphatic heterocycles. The topological polar surface area (TPSA) is 37.4 Å². The fraction of sp³-hybridized carbons (Fsp3) is 0.812. The van der Waals surface area contributed by atoms with E-state index >= 15 is 0 Å². The molecule has 5 heteroatoms. The van der Waals surface area contributed by atoms with Crippen LogP contribution in [0.4, 0.5) is 0 Å². The molecule has 0 spiro atoms. The molecule has 2 aliphatic rings. The first kappa shape index (κ1) is 15.4. The molecule has 2 fully saturated rings. The van der Waals surface area contributed by atoms with Crippen LogP contribution < -0.4 is 5.32 Å². The molecule has 0 atom stereocenters. The van der Waals surface area contributed by atoms with Crippen LogP contribution in [-0.4, -0.2) is 48.8 Å². The van der Waals surface area contributed by atoms with Gasteiger partial charge >= 0.3 is 0 Å². The smallest absolute Gasteiger partial charge is 0.0944 e. The standard InChI is InChI=1S/C16H27N3OS/c1-12(2)17-11-14-16(13-3-4-13)18-15(21-14)5-6-19-7-9-20-10-8-19/h12-13,17H,3-11H2,1-2H3. The Balaban J connectivity index is 1.58. The Labute approximate surface area is 131 Å². The molecule has 118 valence electrons. The second-order valence-electron chi connectivity index (χ2n) is 6.43. The number of hydrogen-bond donors (Lipinski definition) is 1. The van der Waals surface area contributed by atoms with E-state index in [9.17, 15) is 0 Å². The van der Waals surface area contributed by atoms with Crippen LogP contribution in [0, 0.1) is 0 Å². The summed E-state index contributed by atoms with van der Waals surface area (Å²) in [6.07, 6.45) is 3.76. The quantitative estimate of drug-likeness (QED) is 0.839. The van der Waals surface area contributed by atoms with Gasteiger partial charge in [-0.15, -0.1) is 11.3 Å². The van der Waals surface area contributed by atoms with Gasteiger partial charge in [-0.25, -0.2) is 4.98 Å². The molecule has 1 aliphatic carbocycles. The number of nitrogens with zero attached hydrogens (tertiary/aromatic N) is 2. The maximum atomic E-state index is 5.41. The number of nitrogens with one attached hydrogen (secondary N) is 1. The van der Waals surface area contributed by atoms with E-state index in [4.69, 9.17) is 9.72 Å². The molecule has 1 saturated heterocycles. The van der Waals surface area contributed by atoms with Crippen molar-refractivity contribution in [1.82, 2.24) is 15.2 Å². The van der Waals surface area contributed by atoms with E-state index in [-0.39, 0.29) is 0 Å². The van der Waals surface area contributed by atoms with Gasteiger partial charge in [-0.3, -0.25) is 4.90 Å². The molecule has 0 unspecified atom stereocenters. The third kappa shape index (κ3) is 4.49. The van der Waals surface area contributed by atoms with E-state index in [1.807, 2.05) is 11.3 Å². The largest absolute Gasteiger partial charge is 0.379 e. The van der Waals surface area contributed by atoms with Gasteiger partial charge < -0.3 is 10.1 Å². The average Bonchev–Trinajstić information content (AvgIpc) is 3.25. The number of morpholine rings is 1. The van der Waals surface area contributed by atoms with Crippen LogP contribution >= 0.6 is 11.3 Å². The Hall–Kier alpha value is -0.490. The summed E-state index contributed by atoms with van der Waals surface area (Å²) in [5, 5.41) is 4.87. The third-order valence-electron chi connectivity index (χ3n) is 4.15. The molecule has 1 saturated carbocycles. The molecule has 4 nitrogen and oxygen atoms in total. The predicted molar refractivity (Wildman–Crippen MR) is 87.0 cm³/mol. The van der Waals surface area contributed by atoms with Crippen LogP contribution in [0.25, 0.3) is 0 Å². The minimum atomic E-state index is 0.538. The Morgan fingerprint density at radius 3 is 2.76 bits per heavy atom. The number of ether oxygens (including phenoxy) is 1. The van der Waals surface area contributed by atoms with Gasteiger partial charge in [0, 0.05) is 49.4 Å². The minimum Gasteiger partial charge on any atom is -0.379 e. The summed E-state index contributed by atoms with van der Waals surface area (Å²) in [5.41, 5.74) is 1.39. The first-order chi connectivity index (χ1) is 10.2. The van der Waals surface area contributed by atoms with Crippen molar-refractivity contribution in [2.24, 2.45) is 0 Å². The molecule has 1 N–H and O–H groups in total. The van der Waals surface area contributed by atoms with Crippen LogP contribution in [0.2, 0.25) is 0 Å². The van der Waals surface area contributed by atoms with Crippen LogP contribution in [0.1, 0.15) is 48.2 Å². The van der Waals surface area contributed by atoms with E-state index in [1.54, 1.807) is 0 Å². The average molecular weight is 309 g/mol. The third-order valence-corrected chi connectivity index (χ3v) is 5.28.